The third-order valence-corrected chi connectivity index (χ3v) is 30.3. The van der Waals surface area contributed by atoms with Crippen LogP contribution in [0.4, 0.5) is 0 Å². The van der Waals surface area contributed by atoms with Gasteiger partial charge in [0.2, 0.25) is 0 Å². The summed E-state index contributed by atoms with van der Waals surface area (Å²) in [6.45, 7) is 0. The minimum atomic E-state index is -0.536. The van der Waals surface area contributed by atoms with Crippen molar-refractivity contribution in [2.24, 2.45) is 0 Å². The van der Waals surface area contributed by atoms with Crippen LogP contribution in [0.3, 0.4) is 0 Å². The largest absolute Gasteiger partial charge is 0.309 e. The molecule has 0 saturated heterocycles. The van der Waals surface area contributed by atoms with E-state index < -0.39 is 10.8 Å². The van der Waals surface area contributed by atoms with E-state index >= 15 is 0 Å². The van der Waals surface area contributed by atoms with E-state index in [2.05, 4.69) is 543 Å². The average molecular weight is 1750 g/mol. The minimum Gasteiger partial charge on any atom is -0.309 e. The minimum absolute atomic E-state index is 0.00436. The van der Waals surface area contributed by atoms with Crippen LogP contribution < -0.4 is 0 Å². The fraction of sp³-hybridized carbons (Fsp3) is 0.0294. The number of benzene rings is 22. The van der Waals surface area contributed by atoms with Crippen LogP contribution in [0.2, 0.25) is 0 Å². The SMILES string of the molecule is c1ccc(-c2ccc(-n3c4ccccc4c4cc(-c5ccc6c(c5)c5ccc7c(c5n6-c5cccc(-c6ccccc6)c5)-c5ccccc5C7(c5ccccc5)c5ccccc5)ccc43)cc2)cc1.c1ccc(-c2ccc(C3c4ccccc4-c4cc(-c5ccc6c(c5)-c5ccc7c(c5C6c5cccc(-c6ccccc6)c5)C(c5ccccc5)(c5ccccc5)c5ccccc5-7)ccc43)cc2)cc1. The fourth-order valence-corrected chi connectivity index (χ4v) is 24.4. The molecule has 0 radical (unpaired) electrons. The first kappa shape index (κ1) is 80.1. The van der Waals surface area contributed by atoms with E-state index in [-0.39, 0.29) is 11.8 Å². The van der Waals surface area contributed by atoms with Crippen LogP contribution in [0.15, 0.2) is 534 Å². The smallest absolute Gasteiger partial charge is 0.0716 e. The zero-order valence-corrected chi connectivity index (χ0v) is 75.9. The Morgan fingerprint density at radius 1 is 0.174 bits per heavy atom. The third kappa shape index (κ3) is 12.6. The molecule has 0 fully saturated rings. The molecule has 0 saturated carbocycles. The van der Waals surface area contributed by atoms with E-state index in [1.807, 2.05) is 0 Å². The first-order valence-electron chi connectivity index (χ1n) is 48.2. The molecule has 2 atom stereocenters. The molecule has 2 heterocycles. The highest BCUT2D eigenvalue weighted by atomic mass is 15.0. The van der Waals surface area contributed by atoms with E-state index in [4.69, 9.17) is 0 Å². The summed E-state index contributed by atoms with van der Waals surface area (Å²) in [6.07, 6.45) is 0. The Hall–Kier alpha value is -17.6. The number of fused-ring (bicyclic) bond motifs is 20. The van der Waals surface area contributed by atoms with Crippen LogP contribution in [0.1, 0.15) is 89.7 Å². The summed E-state index contributed by atoms with van der Waals surface area (Å²) in [6, 6.07) is 199. The van der Waals surface area contributed by atoms with Crippen LogP contribution in [-0.4, -0.2) is 9.13 Å². The highest BCUT2D eigenvalue weighted by molar-refractivity contribution is 6.18. The van der Waals surface area contributed by atoms with Gasteiger partial charge in [0.15, 0.2) is 0 Å². The van der Waals surface area contributed by atoms with Gasteiger partial charge in [-0.2, -0.15) is 0 Å². The highest BCUT2D eigenvalue weighted by Gasteiger charge is 2.52. The first-order chi connectivity index (χ1) is 68.5. The molecule has 138 heavy (non-hydrogen) atoms. The molecule has 4 aliphatic rings. The van der Waals surface area contributed by atoms with Gasteiger partial charge in [-0.1, -0.05) is 467 Å². The number of hydrogen-bond donors (Lipinski definition) is 0. The van der Waals surface area contributed by atoms with Crippen molar-refractivity contribution < 1.29 is 0 Å². The van der Waals surface area contributed by atoms with Crippen molar-refractivity contribution >= 4 is 43.6 Å². The third-order valence-electron chi connectivity index (χ3n) is 30.3. The van der Waals surface area contributed by atoms with Crippen molar-refractivity contribution in [3.8, 4) is 123 Å². The molecule has 2 aromatic heterocycles. The molecule has 2 unspecified atom stereocenters. The molecular formula is C136H90N2. The summed E-state index contributed by atoms with van der Waals surface area (Å²) in [5.41, 5.74) is 49.6. The van der Waals surface area contributed by atoms with Crippen LogP contribution in [0.5, 0.6) is 0 Å². The highest BCUT2D eigenvalue weighted by Crippen LogP contribution is 2.65. The van der Waals surface area contributed by atoms with Gasteiger partial charge in [0.05, 0.1) is 32.9 Å². The van der Waals surface area contributed by atoms with Crippen molar-refractivity contribution in [2.75, 3.05) is 0 Å². The van der Waals surface area contributed by atoms with Crippen molar-refractivity contribution in [3.63, 3.8) is 0 Å². The molecule has 0 aliphatic heterocycles. The van der Waals surface area contributed by atoms with E-state index in [1.54, 1.807) is 0 Å². The number of aromatic nitrogens is 2. The van der Waals surface area contributed by atoms with Crippen LogP contribution in [0, 0.1) is 0 Å². The second-order valence-corrected chi connectivity index (χ2v) is 37.4. The number of rotatable bonds is 14. The Balaban J connectivity index is 0.000000139. The van der Waals surface area contributed by atoms with E-state index in [0.717, 1.165) is 11.4 Å². The van der Waals surface area contributed by atoms with Gasteiger partial charge in [0.1, 0.15) is 0 Å². The van der Waals surface area contributed by atoms with Gasteiger partial charge in [0.25, 0.3) is 0 Å². The van der Waals surface area contributed by atoms with Crippen molar-refractivity contribution in [1.29, 1.82) is 0 Å². The number of para-hydroxylation sites is 1. The fourth-order valence-electron chi connectivity index (χ4n) is 24.4. The lowest BCUT2D eigenvalue weighted by Crippen LogP contribution is -2.30. The van der Waals surface area contributed by atoms with E-state index in [0.29, 0.717) is 0 Å². The van der Waals surface area contributed by atoms with Gasteiger partial charge in [0, 0.05) is 50.3 Å². The predicted molar refractivity (Wildman–Crippen MR) is 574 cm³/mol. The van der Waals surface area contributed by atoms with Crippen molar-refractivity contribution in [1.82, 2.24) is 9.13 Å². The zero-order chi connectivity index (χ0) is 90.9. The zero-order valence-electron chi connectivity index (χ0n) is 75.9. The second kappa shape index (κ2) is 32.7. The van der Waals surface area contributed by atoms with Gasteiger partial charge in [-0.3, -0.25) is 0 Å². The molecule has 2 nitrogen and oxygen atoms in total. The monoisotopic (exact) mass is 1750 g/mol. The Morgan fingerprint density at radius 3 is 1.15 bits per heavy atom. The molecule has 4 aliphatic carbocycles. The Morgan fingerprint density at radius 2 is 0.565 bits per heavy atom. The summed E-state index contributed by atoms with van der Waals surface area (Å²) in [5.74, 6) is 0.180. The lowest BCUT2D eigenvalue weighted by molar-refractivity contribution is 0.752. The van der Waals surface area contributed by atoms with Gasteiger partial charge >= 0.3 is 0 Å². The van der Waals surface area contributed by atoms with Crippen LogP contribution in [0.25, 0.3) is 166 Å². The summed E-state index contributed by atoms with van der Waals surface area (Å²) in [5, 5.41) is 4.94. The molecule has 28 rings (SSSR count). The maximum Gasteiger partial charge on any atom is 0.0716 e. The second-order valence-electron chi connectivity index (χ2n) is 37.4. The molecule has 22 aromatic carbocycles. The molecule has 0 N–H and O–H groups in total. The van der Waals surface area contributed by atoms with Gasteiger partial charge in [-0.15, -0.1) is 0 Å². The Kier molecular flexibility index (Phi) is 19.0. The quantitative estimate of drug-likeness (QED) is 0.103. The summed E-state index contributed by atoms with van der Waals surface area (Å²) in [7, 11) is 0. The summed E-state index contributed by atoms with van der Waals surface area (Å²) in [4.78, 5) is 0. The molecule has 24 aromatic rings. The molecular weight excluding hydrogens is 1660 g/mol. The summed E-state index contributed by atoms with van der Waals surface area (Å²) < 4.78 is 4.95. The van der Waals surface area contributed by atoms with E-state index in [1.165, 1.54) is 233 Å². The topological polar surface area (TPSA) is 9.86 Å². The first-order valence-corrected chi connectivity index (χ1v) is 48.2. The van der Waals surface area contributed by atoms with E-state index in [9.17, 15) is 0 Å². The average Bonchev–Trinajstić information content (AvgIpc) is 1.50. The lowest BCUT2D eigenvalue weighted by Gasteiger charge is -2.36. The van der Waals surface area contributed by atoms with Gasteiger partial charge in [-0.25, -0.2) is 0 Å². The maximum absolute atomic E-state index is 2.54. The molecule has 0 spiro atoms. The van der Waals surface area contributed by atoms with Gasteiger partial charge < -0.3 is 9.13 Å². The van der Waals surface area contributed by atoms with Crippen LogP contribution >= 0.6 is 0 Å². The lowest BCUT2D eigenvalue weighted by atomic mass is 9.65. The van der Waals surface area contributed by atoms with Gasteiger partial charge in [-0.05, 0) is 250 Å². The molecule has 0 bridgehead atoms. The standard InChI is InChI=1S/C69H46.C67H44N2/c1-5-18-45(19-6-1)47-32-34-48(35-33-47)65-57-30-14-13-28-55(57)62-43-50(36-38-58(62)65)51-37-39-59-63(44-51)60-40-41-61-56-29-15-16-31-64(56)69(53-24-9-3-10-25-53,54-26-11-4-12-27-54)68(61)67(60)66(59)52-23-17-22-49(42-52)46-20-7-2-8-21-46;1-5-18-45(19-6-1)47-32-36-53(37-33-47)68-62-31-16-14-28-55(62)58-43-49(34-40-63(58)68)50-35-41-64-59(44-50)56-38-39-61-65(66(56)69(64)54-27-17-22-48(42-54)46-20-7-2-8-21-46)57-29-13-15-30-60(57)67(61,51-23-9-3-10-24-51)52-25-11-4-12-26-52/h1-44,65-66H;1-44H. The van der Waals surface area contributed by atoms with Crippen LogP contribution in [-0.2, 0) is 10.8 Å². The number of nitrogens with zero attached hydrogens (tertiary/aromatic N) is 2. The molecule has 0 amide bonds. The predicted octanol–water partition coefficient (Wildman–Crippen LogP) is 34.6. The number of hydrogen-bond acceptors (Lipinski definition) is 0. The molecule has 644 valence electrons. The summed E-state index contributed by atoms with van der Waals surface area (Å²) >= 11 is 0. The molecule has 2 heteroatoms. The van der Waals surface area contributed by atoms with Crippen molar-refractivity contribution in [2.45, 2.75) is 22.7 Å². The maximum atomic E-state index is 2.54. The normalized spacial score (nSPS) is 14.1. The Labute approximate surface area is 804 Å². The Bertz CT molecular complexity index is 8800. The van der Waals surface area contributed by atoms with Crippen molar-refractivity contribution in [3.05, 3.63) is 612 Å².